The maximum Gasteiger partial charge on any atom is 0.414 e. The van der Waals surface area contributed by atoms with E-state index in [1.165, 1.54) is 0 Å². The molecule has 1 rings (SSSR count). The molecule has 96 valence electrons. The van der Waals surface area contributed by atoms with Gasteiger partial charge in [-0.15, -0.1) is 0 Å². The molecule has 0 aliphatic carbocycles. The number of hydrogen-bond acceptors (Lipinski definition) is 1. The zero-order valence-electron chi connectivity index (χ0n) is 9.83. The number of ether oxygens (including phenoxy) is 1. The van der Waals surface area contributed by atoms with Crippen molar-refractivity contribution in [2.45, 2.75) is 45.1 Å². The molecule has 17 heavy (non-hydrogen) atoms. The molecule has 0 N–H and O–H groups in total. The van der Waals surface area contributed by atoms with Crippen LogP contribution < -0.4 is 0 Å². The highest BCUT2D eigenvalue weighted by molar-refractivity contribution is 5.13. The minimum atomic E-state index is -4.27. The van der Waals surface area contributed by atoms with Crippen LogP contribution in [0.3, 0.4) is 0 Å². The molecular weight excluding hydrogens is 229 g/mol. The van der Waals surface area contributed by atoms with Crippen molar-refractivity contribution in [1.29, 1.82) is 0 Å². The number of alkyl halides is 3. The molecule has 0 radical (unpaired) electrons. The van der Waals surface area contributed by atoms with E-state index < -0.39 is 12.3 Å². The van der Waals surface area contributed by atoms with Gasteiger partial charge in [0, 0.05) is 0 Å². The van der Waals surface area contributed by atoms with Crippen molar-refractivity contribution < 1.29 is 17.9 Å². The molecule has 4 heteroatoms. The molecule has 0 bridgehead atoms. The quantitative estimate of drug-likeness (QED) is 0.726. The number of rotatable bonds is 6. The molecule has 1 aromatic rings. The van der Waals surface area contributed by atoms with Gasteiger partial charge >= 0.3 is 6.18 Å². The van der Waals surface area contributed by atoms with Crippen LogP contribution in [-0.4, -0.2) is 12.3 Å². The highest BCUT2D eigenvalue weighted by atomic mass is 19.4. The monoisotopic (exact) mass is 246 g/mol. The predicted octanol–water partition coefficient (Wildman–Crippen LogP) is 4.32. The zero-order valence-corrected chi connectivity index (χ0v) is 9.83. The van der Waals surface area contributed by atoms with E-state index >= 15 is 0 Å². The van der Waals surface area contributed by atoms with Crippen molar-refractivity contribution in [3.8, 4) is 0 Å². The lowest BCUT2D eigenvalue weighted by Crippen LogP contribution is -2.31. The predicted molar refractivity (Wildman–Crippen MR) is 60.6 cm³/mol. The first-order valence-corrected chi connectivity index (χ1v) is 5.76. The second kappa shape index (κ2) is 6.64. The molecule has 0 unspecified atom stereocenters. The first kappa shape index (κ1) is 14.0. The van der Waals surface area contributed by atoms with Crippen molar-refractivity contribution in [1.82, 2.24) is 0 Å². The molecule has 0 spiro atoms. The van der Waals surface area contributed by atoms with Crippen LogP contribution in [-0.2, 0) is 11.3 Å². The average molecular weight is 246 g/mol. The van der Waals surface area contributed by atoms with Gasteiger partial charge in [0.25, 0.3) is 0 Å². The third kappa shape index (κ3) is 5.22. The Bertz CT molecular complexity index is 308. The van der Waals surface area contributed by atoms with Crippen LogP contribution in [0.5, 0.6) is 0 Å². The minimum absolute atomic E-state index is 0.00866. The van der Waals surface area contributed by atoms with Crippen LogP contribution >= 0.6 is 0 Å². The molecule has 1 aromatic carbocycles. The number of unbranched alkanes of at least 4 members (excludes halogenated alkanes) is 1. The second-order valence-corrected chi connectivity index (χ2v) is 3.97. The number of halogens is 3. The van der Waals surface area contributed by atoms with E-state index in [9.17, 15) is 13.2 Å². The van der Waals surface area contributed by atoms with E-state index in [2.05, 4.69) is 0 Å². The van der Waals surface area contributed by atoms with Crippen LogP contribution in [0.2, 0.25) is 0 Å². The van der Waals surface area contributed by atoms with Crippen LogP contribution in [0.4, 0.5) is 13.2 Å². The summed E-state index contributed by atoms with van der Waals surface area (Å²) in [5.74, 6) is 0. The van der Waals surface area contributed by atoms with Gasteiger partial charge in [-0.05, 0) is 12.0 Å². The topological polar surface area (TPSA) is 9.23 Å². The molecule has 0 amide bonds. The van der Waals surface area contributed by atoms with E-state index in [1.807, 2.05) is 13.0 Å². The van der Waals surface area contributed by atoms with Crippen LogP contribution in [0.15, 0.2) is 30.3 Å². The molecule has 0 aromatic heterocycles. The summed E-state index contributed by atoms with van der Waals surface area (Å²) in [6.07, 6.45) is -4.63. The lowest BCUT2D eigenvalue weighted by Gasteiger charge is -2.20. The van der Waals surface area contributed by atoms with Gasteiger partial charge in [-0.25, -0.2) is 0 Å². The minimum Gasteiger partial charge on any atom is -0.364 e. The Balaban J connectivity index is 2.49. The third-order valence-corrected chi connectivity index (χ3v) is 2.48. The van der Waals surface area contributed by atoms with E-state index in [4.69, 9.17) is 4.74 Å². The van der Waals surface area contributed by atoms with E-state index in [0.717, 1.165) is 12.0 Å². The Morgan fingerprint density at radius 3 is 2.35 bits per heavy atom. The van der Waals surface area contributed by atoms with Crippen LogP contribution in [0.25, 0.3) is 0 Å². The zero-order chi connectivity index (χ0) is 12.7. The van der Waals surface area contributed by atoms with E-state index in [-0.39, 0.29) is 13.0 Å². The van der Waals surface area contributed by atoms with Crippen molar-refractivity contribution >= 4 is 0 Å². The van der Waals surface area contributed by atoms with Crippen LogP contribution in [0, 0.1) is 0 Å². The summed E-state index contributed by atoms with van der Waals surface area (Å²) < 4.78 is 42.8. The molecule has 0 heterocycles. The number of benzene rings is 1. The Morgan fingerprint density at radius 1 is 1.18 bits per heavy atom. The Morgan fingerprint density at radius 2 is 1.82 bits per heavy atom. The van der Waals surface area contributed by atoms with Gasteiger partial charge in [-0.2, -0.15) is 13.2 Å². The molecule has 0 saturated heterocycles. The van der Waals surface area contributed by atoms with Crippen molar-refractivity contribution in [3.63, 3.8) is 0 Å². The lowest BCUT2D eigenvalue weighted by atomic mass is 10.1. The van der Waals surface area contributed by atoms with Crippen LogP contribution in [0.1, 0.15) is 31.7 Å². The van der Waals surface area contributed by atoms with Gasteiger partial charge in [0.1, 0.15) is 0 Å². The summed E-state index contributed by atoms with van der Waals surface area (Å²) in [5.41, 5.74) is 0.762. The summed E-state index contributed by atoms with van der Waals surface area (Å²) in [6.45, 7) is 1.87. The smallest absolute Gasteiger partial charge is 0.364 e. The van der Waals surface area contributed by atoms with Crippen molar-refractivity contribution in [2.75, 3.05) is 0 Å². The fourth-order valence-electron chi connectivity index (χ4n) is 1.50. The number of hydrogen-bond donors (Lipinski definition) is 0. The maximum absolute atomic E-state index is 12.6. The first-order valence-electron chi connectivity index (χ1n) is 5.76. The first-order chi connectivity index (χ1) is 8.04. The van der Waals surface area contributed by atoms with Gasteiger partial charge in [-0.3, -0.25) is 0 Å². The lowest BCUT2D eigenvalue weighted by molar-refractivity contribution is -0.225. The Labute approximate surface area is 99.6 Å². The van der Waals surface area contributed by atoms with E-state index in [0.29, 0.717) is 6.42 Å². The Hall–Kier alpha value is -1.03. The molecule has 0 fully saturated rings. The highest BCUT2D eigenvalue weighted by Gasteiger charge is 2.39. The third-order valence-electron chi connectivity index (χ3n) is 2.48. The summed E-state index contributed by atoms with van der Waals surface area (Å²) >= 11 is 0. The van der Waals surface area contributed by atoms with Gasteiger partial charge in [0.2, 0.25) is 0 Å². The summed E-state index contributed by atoms with van der Waals surface area (Å²) in [5, 5.41) is 0. The molecule has 0 aliphatic heterocycles. The average Bonchev–Trinajstić information content (AvgIpc) is 2.29. The molecule has 0 aliphatic rings. The SMILES string of the molecule is CCCC[C@@H](OCc1ccccc1)C(F)(F)F. The largest absolute Gasteiger partial charge is 0.414 e. The summed E-state index contributed by atoms with van der Waals surface area (Å²) in [7, 11) is 0. The second-order valence-electron chi connectivity index (χ2n) is 3.97. The fraction of sp³-hybridized carbons (Fsp3) is 0.538. The highest BCUT2D eigenvalue weighted by Crippen LogP contribution is 2.27. The van der Waals surface area contributed by atoms with Gasteiger partial charge < -0.3 is 4.74 Å². The van der Waals surface area contributed by atoms with Gasteiger partial charge in [-0.1, -0.05) is 50.1 Å². The normalized spacial score (nSPS) is 13.6. The van der Waals surface area contributed by atoms with Crippen molar-refractivity contribution in [2.24, 2.45) is 0 Å². The molecule has 1 atom stereocenters. The maximum atomic E-state index is 12.6. The summed E-state index contributed by atoms with van der Waals surface area (Å²) in [4.78, 5) is 0. The molecule has 1 nitrogen and oxygen atoms in total. The fourth-order valence-corrected chi connectivity index (χ4v) is 1.50. The van der Waals surface area contributed by atoms with Gasteiger partial charge in [0.15, 0.2) is 6.10 Å². The van der Waals surface area contributed by atoms with Crippen molar-refractivity contribution in [3.05, 3.63) is 35.9 Å². The van der Waals surface area contributed by atoms with E-state index in [1.54, 1.807) is 24.3 Å². The van der Waals surface area contributed by atoms with Gasteiger partial charge in [0.05, 0.1) is 6.61 Å². The summed E-state index contributed by atoms with van der Waals surface area (Å²) in [6, 6.07) is 8.91. The Kier molecular flexibility index (Phi) is 5.48. The molecule has 0 saturated carbocycles. The standard InChI is InChI=1S/C13H17F3O/c1-2-3-9-12(13(14,15)16)17-10-11-7-5-4-6-8-11/h4-8,12H,2-3,9-10H2,1H3/t12-/m1/s1. The molecular formula is C13H17F3O.